The van der Waals surface area contributed by atoms with E-state index in [-0.39, 0.29) is 5.54 Å². The van der Waals surface area contributed by atoms with Gasteiger partial charge < -0.3 is 15.4 Å². The van der Waals surface area contributed by atoms with E-state index in [1.54, 1.807) is 0 Å². The van der Waals surface area contributed by atoms with E-state index in [0.717, 1.165) is 19.8 Å². The fourth-order valence-electron chi connectivity index (χ4n) is 3.37. The van der Waals surface area contributed by atoms with Gasteiger partial charge in [-0.25, -0.2) is 0 Å². The van der Waals surface area contributed by atoms with Gasteiger partial charge in [-0.15, -0.1) is 0 Å². The second kappa shape index (κ2) is 3.44. The van der Waals surface area contributed by atoms with Crippen molar-refractivity contribution in [1.82, 2.24) is 4.90 Å². The molecule has 15 heavy (non-hydrogen) atoms. The van der Waals surface area contributed by atoms with Gasteiger partial charge in [-0.1, -0.05) is 0 Å². The number of likely N-dealkylation sites (tertiary alicyclic amines) is 1. The highest BCUT2D eigenvalue weighted by Crippen LogP contribution is 2.41. The molecule has 1 spiro atoms. The van der Waals surface area contributed by atoms with Crippen molar-refractivity contribution in [2.24, 2.45) is 11.1 Å². The van der Waals surface area contributed by atoms with E-state index >= 15 is 0 Å². The van der Waals surface area contributed by atoms with Crippen molar-refractivity contribution in [3.8, 4) is 0 Å². The molecule has 0 unspecified atom stereocenters. The summed E-state index contributed by atoms with van der Waals surface area (Å²) in [4.78, 5) is 2.56. The highest BCUT2D eigenvalue weighted by molar-refractivity contribution is 5.02. The van der Waals surface area contributed by atoms with Crippen LogP contribution < -0.4 is 5.73 Å². The molecule has 2 aliphatic heterocycles. The lowest BCUT2D eigenvalue weighted by atomic mass is 9.71. The zero-order valence-electron chi connectivity index (χ0n) is 9.50. The Bertz CT molecular complexity index is 236. The van der Waals surface area contributed by atoms with Crippen molar-refractivity contribution >= 4 is 0 Å². The Hall–Kier alpha value is -0.120. The Kier molecular flexibility index (Phi) is 2.31. The summed E-state index contributed by atoms with van der Waals surface area (Å²) in [6.45, 7) is 5.63. The van der Waals surface area contributed by atoms with Crippen LogP contribution in [0.15, 0.2) is 0 Å². The van der Waals surface area contributed by atoms with E-state index in [4.69, 9.17) is 10.5 Å². The second-order valence-electron chi connectivity index (χ2n) is 5.97. The molecule has 2 heterocycles. The van der Waals surface area contributed by atoms with Crippen molar-refractivity contribution < 1.29 is 4.74 Å². The first kappa shape index (κ1) is 10.1. The first-order chi connectivity index (χ1) is 7.20. The topological polar surface area (TPSA) is 38.5 Å². The highest BCUT2D eigenvalue weighted by Gasteiger charge is 2.46. The molecule has 0 bridgehead atoms. The highest BCUT2D eigenvalue weighted by atomic mass is 16.5. The molecular weight excluding hydrogens is 188 g/mol. The molecule has 0 radical (unpaired) electrons. The number of hydrogen-bond donors (Lipinski definition) is 1. The number of nitrogens with two attached hydrogens (primary N) is 1. The maximum absolute atomic E-state index is 6.26. The van der Waals surface area contributed by atoms with Gasteiger partial charge in [-0.3, -0.25) is 0 Å². The predicted molar refractivity (Wildman–Crippen MR) is 59.7 cm³/mol. The zero-order chi connectivity index (χ0) is 10.4. The van der Waals surface area contributed by atoms with Crippen LogP contribution in [0, 0.1) is 5.41 Å². The van der Waals surface area contributed by atoms with Crippen LogP contribution >= 0.6 is 0 Å². The summed E-state index contributed by atoms with van der Waals surface area (Å²) in [5.74, 6) is 0. The van der Waals surface area contributed by atoms with Gasteiger partial charge in [-0.05, 0) is 32.1 Å². The molecule has 3 heteroatoms. The van der Waals surface area contributed by atoms with Gasteiger partial charge in [-0.2, -0.15) is 0 Å². The van der Waals surface area contributed by atoms with Crippen LogP contribution in [-0.4, -0.2) is 43.3 Å². The Morgan fingerprint density at radius 2 is 1.73 bits per heavy atom. The third-order valence-electron chi connectivity index (χ3n) is 4.56. The summed E-state index contributed by atoms with van der Waals surface area (Å²) in [6.07, 6.45) is 6.34. The number of nitrogens with zero attached hydrogens (tertiary/aromatic N) is 1. The summed E-state index contributed by atoms with van der Waals surface area (Å²) < 4.78 is 5.43. The summed E-state index contributed by atoms with van der Waals surface area (Å²) in [7, 11) is 0. The van der Waals surface area contributed by atoms with Crippen molar-refractivity contribution in [1.29, 1.82) is 0 Å². The van der Waals surface area contributed by atoms with E-state index in [2.05, 4.69) is 4.90 Å². The lowest BCUT2D eigenvalue weighted by Crippen LogP contribution is -2.65. The SMILES string of the molecule is NC1(CN2CC3(CCOCC3)C2)CCC1. The van der Waals surface area contributed by atoms with Crippen molar-refractivity contribution in [2.45, 2.75) is 37.6 Å². The third-order valence-corrected chi connectivity index (χ3v) is 4.56. The Morgan fingerprint density at radius 3 is 2.27 bits per heavy atom. The Labute approximate surface area is 91.9 Å². The van der Waals surface area contributed by atoms with Crippen molar-refractivity contribution in [3.63, 3.8) is 0 Å². The maximum atomic E-state index is 6.26. The molecule has 2 saturated heterocycles. The average Bonchev–Trinajstić information content (AvgIpc) is 2.14. The van der Waals surface area contributed by atoms with Gasteiger partial charge in [0.15, 0.2) is 0 Å². The lowest BCUT2D eigenvalue weighted by Gasteiger charge is -2.55. The molecule has 3 fully saturated rings. The molecule has 3 aliphatic rings. The molecular formula is C12H22N2O. The number of ether oxygens (including phenoxy) is 1. The standard InChI is InChI=1S/C12H22N2O/c13-12(2-1-3-12)10-14-8-11(9-14)4-6-15-7-5-11/h1-10,13H2. The molecule has 0 aromatic rings. The quantitative estimate of drug-likeness (QED) is 0.738. The fraction of sp³-hybridized carbons (Fsp3) is 1.00. The summed E-state index contributed by atoms with van der Waals surface area (Å²) in [5.41, 5.74) is 7.05. The van der Waals surface area contributed by atoms with Crippen molar-refractivity contribution in [3.05, 3.63) is 0 Å². The monoisotopic (exact) mass is 210 g/mol. The van der Waals surface area contributed by atoms with Crippen LogP contribution in [0.1, 0.15) is 32.1 Å². The zero-order valence-corrected chi connectivity index (χ0v) is 9.50. The first-order valence-electron chi connectivity index (χ1n) is 6.29. The lowest BCUT2D eigenvalue weighted by molar-refractivity contribution is -0.0907. The van der Waals surface area contributed by atoms with Crippen LogP contribution in [0.5, 0.6) is 0 Å². The van der Waals surface area contributed by atoms with Gasteiger partial charge in [0.2, 0.25) is 0 Å². The third kappa shape index (κ3) is 1.81. The van der Waals surface area contributed by atoms with Crippen LogP contribution in [0.4, 0.5) is 0 Å². The molecule has 1 saturated carbocycles. The summed E-state index contributed by atoms with van der Waals surface area (Å²) >= 11 is 0. The molecule has 0 atom stereocenters. The number of hydrogen-bond acceptors (Lipinski definition) is 3. The molecule has 2 N–H and O–H groups in total. The molecule has 86 valence electrons. The van der Waals surface area contributed by atoms with Crippen molar-refractivity contribution in [2.75, 3.05) is 32.8 Å². The first-order valence-corrected chi connectivity index (χ1v) is 6.29. The predicted octanol–water partition coefficient (Wildman–Crippen LogP) is 0.980. The largest absolute Gasteiger partial charge is 0.381 e. The van der Waals surface area contributed by atoms with E-state index < -0.39 is 0 Å². The summed E-state index contributed by atoms with van der Waals surface area (Å²) in [5, 5.41) is 0. The van der Waals surface area contributed by atoms with Crippen LogP contribution in [0.3, 0.4) is 0 Å². The van der Waals surface area contributed by atoms with Gasteiger partial charge >= 0.3 is 0 Å². The van der Waals surface area contributed by atoms with E-state index in [0.29, 0.717) is 5.41 Å². The van der Waals surface area contributed by atoms with Gasteiger partial charge in [0.1, 0.15) is 0 Å². The minimum atomic E-state index is 0.173. The van der Waals surface area contributed by atoms with Crippen LogP contribution in [0.2, 0.25) is 0 Å². The van der Waals surface area contributed by atoms with E-state index in [1.807, 2.05) is 0 Å². The molecule has 0 aromatic carbocycles. The van der Waals surface area contributed by atoms with Crippen LogP contribution in [0.25, 0.3) is 0 Å². The average molecular weight is 210 g/mol. The molecule has 0 amide bonds. The molecule has 3 nitrogen and oxygen atoms in total. The van der Waals surface area contributed by atoms with Gasteiger partial charge in [0, 0.05) is 43.8 Å². The summed E-state index contributed by atoms with van der Waals surface area (Å²) in [6, 6.07) is 0. The van der Waals surface area contributed by atoms with Crippen LogP contribution in [-0.2, 0) is 4.74 Å². The number of rotatable bonds is 2. The Balaban J connectivity index is 1.48. The van der Waals surface area contributed by atoms with Gasteiger partial charge in [0.25, 0.3) is 0 Å². The molecule has 3 rings (SSSR count). The molecule has 1 aliphatic carbocycles. The van der Waals surface area contributed by atoms with E-state index in [1.165, 1.54) is 45.2 Å². The van der Waals surface area contributed by atoms with Gasteiger partial charge in [0.05, 0.1) is 0 Å². The van der Waals surface area contributed by atoms with E-state index in [9.17, 15) is 0 Å². The fourth-order valence-corrected chi connectivity index (χ4v) is 3.37. The normalized spacial score (nSPS) is 33.4. The Morgan fingerprint density at radius 1 is 1.07 bits per heavy atom. The second-order valence-corrected chi connectivity index (χ2v) is 5.97. The minimum absolute atomic E-state index is 0.173. The maximum Gasteiger partial charge on any atom is 0.0472 e. The minimum Gasteiger partial charge on any atom is -0.381 e. The molecule has 0 aromatic heterocycles. The smallest absolute Gasteiger partial charge is 0.0472 e.